The number of hydrogen-bond acceptors (Lipinski definition) is 2. The molecular weight excluding hydrogens is 356 g/mol. The van der Waals surface area contributed by atoms with Gasteiger partial charge in [-0.05, 0) is 35.8 Å². The number of aliphatic hydroxyl groups is 2. The quantitative estimate of drug-likeness (QED) is 0.330. The van der Waals surface area contributed by atoms with Gasteiger partial charge in [-0.2, -0.15) is 0 Å². The molecule has 2 rings (SSSR count). The molecule has 0 amide bonds. The Morgan fingerprint density at radius 1 is 0.517 bits per heavy atom. The summed E-state index contributed by atoms with van der Waals surface area (Å²) in [5, 5.41) is 20.9. The second-order valence-corrected chi connectivity index (χ2v) is 8.72. The topological polar surface area (TPSA) is 40.5 Å². The molecular formula is C27H40O2. The normalized spacial score (nSPS) is 15.6. The molecule has 2 aromatic rings. The maximum atomic E-state index is 10.4. The minimum absolute atomic E-state index is 0.315. The molecule has 4 atom stereocenters. The van der Waals surface area contributed by atoms with Crippen LogP contribution in [0.3, 0.4) is 0 Å². The fourth-order valence-corrected chi connectivity index (χ4v) is 4.09. The third kappa shape index (κ3) is 8.72. The van der Waals surface area contributed by atoms with Crippen LogP contribution < -0.4 is 0 Å². The van der Waals surface area contributed by atoms with E-state index in [4.69, 9.17) is 0 Å². The van der Waals surface area contributed by atoms with Crippen LogP contribution in [-0.2, 0) is 0 Å². The van der Waals surface area contributed by atoms with Crippen LogP contribution in [0, 0.1) is 11.8 Å². The number of hydrogen-bond donors (Lipinski definition) is 2. The van der Waals surface area contributed by atoms with Gasteiger partial charge in [0.25, 0.3) is 0 Å². The van der Waals surface area contributed by atoms with E-state index in [1.165, 1.54) is 44.9 Å². The summed E-state index contributed by atoms with van der Waals surface area (Å²) in [6, 6.07) is 20.0. The van der Waals surface area contributed by atoms with Crippen molar-refractivity contribution in [3.8, 4) is 0 Å². The Kier molecular flexibility index (Phi) is 11.1. The second-order valence-electron chi connectivity index (χ2n) is 8.72. The van der Waals surface area contributed by atoms with Crippen molar-refractivity contribution in [1.29, 1.82) is 0 Å². The van der Waals surface area contributed by atoms with Crippen LogP contribution in [-0.4, -0.2) is 10.2 Å². The Morgan fingerprint density at radius 2 is 0.828 bits per heavy atom. The van der Waals surface area contributed by atoms with E-state index >= 15 is 0 Å². The Balaban J connectivity index is 1.47. The van der Waals surface area contributed by atoms with E-state index in [9.17, 15) is 10.2 Å². The summed E-state index contributed by atoms with van der Waals surface area (Å²) in [6.07, 6.45) is 10.3. The summed E-state index contributed by atoms with van der Waals surface area (Å²) in [4.78, 5) is 0. The average Bonchev–Trinajstić information content (AvgIpc) is 2.77. The third-order valence-corrected chi connectivity index (χ3v) is 6.18. The van der Waals surface area contributed by atoms with Crippen molar-refractivity contribution < 1.29 is 10.2 Å². The van der Waals surface area contributed by atoms with Crippen LogP contribution in [0.15, 0.2) is 60.7 Å². The maximum absolute atomic E-state index is 10.4. The van der Waals surface area contributed by atoms with Gasteiger partial charge in [0.2, 0.25) is 0 Å². The first-order chi connectivity index (χ1) is 14.1. The Bertz CT molecular complexity index is 583. The zero-order valence-corrected chi connectivity index (χ0v) is 18.3. The van der Waals surface area contributed by atoms with E-state index in [0.717, 1.165) is 24.0 Å². The van der Waals surface area contributed by atoms with Crippen LogP contribution in [0.4, 0.5) is 0 Å². The summed E-state index contributed by atoms with van der Waals surface area (Å²) in [5.41, 5.74) is 2.07. The predicted molar refractivity (Wildman–Crippen MR) is 123 cm³/mol. The number of unbranched alkanes of at least 4 members (excludes halogenated alkanes) is 6. The lowest BCUT2D eigenvalue weighted by Gasteiger charge is -2.19. The highest BCUT2D eigenvalue weighted by Crippen LogP contribution is 2.27. The highest BCUT2D eigenvalue weighted by molar-refractivity contribution is 5.18. The molecule has 2 N–H and O–H groups in total. The smallest absolute Gasteiger partial charge is 0.0815 e. The molecule has 0 saturated heterocycles. The molecule has 0 bridgehead atoms. The van der Waals surface area contributed by atoms with E-state index in [1.807, 2.05) is 60.7 Å². The van der Waals surface area contributed by atoms with Crippen LogP contribution in [0.25, 0.3) is 0 Å². The average molecular weight is 397 g/mol. The summed E-state index contributed by atoms with van der Waals surface area (Å²) >= 11 is 0. The first-order valence-corrected chi connectivity index (χ1v) is 11.6. The van der Waals surface area contributed by atoms with Crippen molar-refractivity contribution >= 4 is 0 Å². The van der Waals surface area contributed by atoms with Gasteiger partial charge in [0.15, 0.2) is 0 Å². The molecule has 2 heteroatoms. The minimum Gasteiger partial charge on any atom is -0.388 e. The Morgan fingerprint density at radius 3 is 1.17 bits per heavy atom. The predicted octanol–water partition coefficient (Wildman–Crippen LogP) is 7.24. The molecule has 0 aliphatic rings. The van der Waals surface area contributed by atoms with Crippen LogP contribution >= 0.6 is 0 Å². The first kappa shape index (κ1) is 23.6. The van der Waals surface area contributed by atoms with Crippen LogP contribution in [0.2, 0.25) is 0 Å². The van der Waals surface area contributed by atoms with E-state index in [2.05, 4.69) is 13.8 Å². The van der Waals surface area contributed by atoms with Crippen molar-refractivity contribution in [2.45, 2.75) is 83.8 Å². The summed E-state index contributed by atoms with van der Waals surface area (Å²) in [7, 11) is 0. The Hall–Kier alpha value is -1.64. The molecule has 0 aliphatic carbocycles. The van der Waals surface area contributed by atoms with E-state index in [-0.39, 0.29) is 12.2 Å². The van der Waals surface area contributed by atoms with Gasteiger partial charge in [-0.3, -0.25) is 0 Å². The largest absolute Gasteiger partial charge is 0.388 e. The molecule has 0 heterocycles. The summed E-state index contributed by atoms with van der Waals surface area (Å²) in [6.45, 7) is 4.31. The van der Waals surface area contributed by atoms with Gasteiger partial charge in [-0.25, -0.2) is 0 Å². The van der Waals surface area contributed by atoms with Gasteiger partial charge in [0.1, 0.15) is 0 Å². The number of benzene rings is 2. The maximum Gasteiger partial charge on any atom is 0.0815 e. The molecule has 0 aromatic heterocycles. The summed E-state index contributed by atoms with van der Waals surface area (Å²) < 4.78 is 0. The highest BCUT2D eigenvalue weighted by Gasteiger charge is 2.16. The van der Waals surface area contributed by atoms with E-state index < -0.39 is 0 Å². The first-order valence-electron chi connectivity index (χ1n) is 11.6. The zero-order valence-electron chi connectivity index (χ0n) is 18.3. The SMILES string of the molecule is C[C@H](CCCCCCCCC[C@H](C)[C@@H](O)c1ccccc1)[C@H](O)c1ccccc1. The molecule has 0 saturated carbocycles. The van der Waals surface area contributed by atoms with Crippen LogP contribution in [0.1, 0.15) is 95.0 Å². The van der Waals surface area contributed by atoms with Crippen molar-refractivity contribution in [2.75, 3.05) is 0 Å². The fourth-order valence-electron chi connectivity index (χ4n) is 4.09. The molecule has 2 aromatic carbocycles. The van der Waals surface area contributed by atoms with Gasteiger partial charge in [0, 0.05) is 0 Å². The monoisotopic (exact) mass is 396 g/mol. The Labute approximate surface area is 178 Å². The number of aliphatic hydroxyl groups excluding tert-OH is 2. The third-order valence-electron chi connectivity index (χ3n) is 6.18. The molecule has 160 valence electrons. The van der Waals surface area contributed by atoms with Crippen LogP contribution in [0.5, 0.6) is 0 Å². The van der Waals surface area contributed by atoms with E-state index in [1.54, 1.807) is 0 Å². The molecule has 0 spiro atoms. The van der Waals surface area contributed by atoms with Gasteiger partial charge >= 0.3 is 0 Å². The van der Waals surface area contributed by atoms with Crippen molar-refractivity contribution in [2.24, 2.45) is 11.8 Å². The van der Waals surface area contributed by atoms with Gasteiger partial charge < -0.3 is 10.2 Å². The lowest BCUT2D eigenvalue weighted by atomic mass is 9.91. The molecule has 0 unspecified atom stereocenters. The fraction of sp³-hybridized carbons (Fsp3) is 0.556. The van der Waals surface area contributed by atoms with Crippen molar-refractivity contribution in [1.82, 2.24) is 0 Å². The minimum atomic E-state index is -0.343. The molecule has 0 fully saturated rings. The molecule has 2 nitrogen and oxygen atoms in total. The molecule has 0 aliphatic heterocycles. The lowest BCUT2D eigenvalue weighted by Crippen LogP contribution is -2.09. The summed E-state index contributed by atoms with van der Waals surface area (Å²) in [5.74, 6) is 0.629. The second kappa shape index (κ2) is 13.6. The lowest BCUT2D eigenvalue weighted by molar-refractivity contribution is 0.111. The molecule has 29 heavy (non-hydrogen) atoms. The highest BCUT2D eigenvalue weighted by atomic mass is 16.3. The van der Waals surface area contributed by atoms with Gasteiger partial charge in [0.05, 0.1) is 12.2 Å². The standard InChI is InChI=1S/C27H40O2/c1-22(26(28)24-18-12-8-13-19-24)16-10-6-4-3-5-7-11-17-23(2)27(29)25-20-14-9-15-21-25/h8-9,12-15,18-23,26-29H,3-7,10-11,16-17H2,1-2H3/t22-,23+,26+,27-. The zero-order chi connectivity index (χ0) is 20.9. The van der Waals surface area contributed by atoms with Crippen molar-refractivity contribution in [3.63, 3.8) is 0 Å². The van der Waals surface area contributed by atoms with Crippen molar-refractivity contribution in [3.05, 3.63) is 71.8 Å². The van der Waals surface area contributed by atoms with E-state index in [0.29, 0.717) is 11.8 Å². The number of rotatable bonds is 14. The molecule has 0 radical (unpaired) electrons. The van der Waals surface area contributed by atoms with Gasteiger partial charge in [-0.15, -0.1) is 0 Å². The van der Waals surface area contributed by atoms with Gasteiger partial charge in [-0.1, -0.05) is 119 Å².